The van der Waals surface area contributed by atoms with Crippen molar-refractivity contribution in [3.8, 4) is 11.1 Å². The fourth-order valence-electron chi connectivity index (χ4n) is 5.02. The summed E-state index contributed by atoms with van der Waals surface area (Å²) in [4.78, 5) is 20.0. The topological polar surface area (TPSA) is 48.1 Å². The van der Waals surface area contributed by atoms with Gasteiger partial charge in [0.05, 0.1) is 24.6 Å². The third-order valence-corrected chi connectivity index (χ3v) is 7.36. The molecule has 0 atom stereocenters. The second-order valence-corrected chi connectivity index (χ2v) is 10.1. The van der Waals surface area contributed by atoms with Crippen molar-refractivity contribution < 1.29 is 18.3 Å². The van der Waals surface area contributed by atoms with Crippen molar-refractivity contribution in [2.24, 2.45) is 0 Å². The maximum absolute atomic E-state index is 15.1. The molecule has 38 heavy (non-hydrogen) atoms. The minimum absolute atomic E-state index is 0.311. The molecule has 0 saturated carbocycles. The molecule has 0 bridgehead atoms. The lowest BCUT2D eigenvalue weighted by Gasteiger charge is -2.35. The Kier molecular flexibility index (Phi) is 8.02. The highest BCUT2D eigenvalue weighted by molar-refractivity contribution is 6.06. The van der Waals surface area contributed by atoms with E-state index in [2.05, 4.69) is 27.1 Å². The lowest BCUT2D eigenvalue weighted by Crippen LogP contribution is -2.44. The Balaban J connectivity index is 1.47. The fourth-order valence-corrected chi connectivity index (χ4v) is 5.02. The molecule has 5 rings (SSSR count). The molecule has 2 heterocycles. The largest absolute Gasteiger partial charge is 0.379 e. The number of likely N-dealkylation sites (N-methyl/N-ethyl adjacent to an activating group) is 1. The molecule has 0 aromatic heterocycles. The number of hydrogen-bond acceptors (Lipinski definition) is 5. The summed E-state index contributed by atoms with van der Waals surface area (Å²) >= 11 is 0. The van der Waals surface area contributed by atoms with Crippen LogP contribution in [0.1, 0.15) is 21.5 Å². The first-order valence-electron chi connectivity index (χ1n) is 13.1. The van der Waals surface area contributed by atoms with Crippen LogP contribution in [0.4, 0.5) is 20.2 Å². The molecule has 0 unspecified atom stereocenters. The Hall–Kier alpha value is -3.33. The highest BCUT2D eigenvalue weighted by Crippen LogP contribution is 2.34. The van der Waals surface area contributed by atoms with Gasteiger partial charge in [0, 0.05) is 56.9 Å². The number of nitrogens with one attached hydrogen (secondary N) is 1. The molecule has 1 amide bonds. The number of ether oxygens (including phenoxy) is 1. The number of morpholine rings is 1. The molecule has 3 aromatic rings. The first-order valence-corrected chi connectivity index (χ1v) is 13.1. The van der Waals surface area contributed by atoms with E-state index in [4.69, 9.17) is 4.74 Å². The van der Waals surface area contributed by atoms with Crippen molar-refractivity contribution in [3.63, 3.8) is 0 Å². The summed E-state index contributed by atoms with van der Waals surface area (Å²) in [6, 6.07) is 15.3. The number of hydrogen-bond donors (Lipinski definition) is 1. The van der Waals surface area contributed by atoms with Gasteiger partial charge >= 0.3 is 0 Å². The third kappa shape index (κ3) is 6.04. The predicted octanol–water partition coefficient (Wildman–Crippen LogP) is 4.78. The van der Waals surface area contributed by atoms with Crippen LogP contribution in [0.15, 0.2) is 54.6 Å². The number of nitrogens with zero attached hydrogens (tertiary/aromatic N) is 3. The monoisotopic (exact) mass is 520 g/mol. The summed E-state index contributed by atoms with van der Waals surface area (Å²) in [6.07, 6.45) is 0. The second-order valence-electron chi connectivity index (χ2n) is 10.1. The van der Waals surface area contributed by atoms with E-state index < -0.39 is 0 Å². The molecule has 2 aliphatic heterocycles. The smallest absolute Gasteiger partial charge is 0.255 e. The van der Waals surface area contributed by atoms with Crippen LogP contribution in [0.3, 0.4) is 0 Å². The quantitative estimate of drug-likeness (QED) is 0.507. The van der Waals surface area contributed by atoms with Crippen LogP contribution < -0.4 is 10.2 Å². The van der Waals surface area contributed by atoms with E-state index in [-0.39, 0.29) is 17.5 Å². The van der Waals surface area contributed by atoms with E-state index in [1.165, 1.54) is 18.2 Å². The van der Waals surface area contributed by atoms with E-state index in [1.54, 1.807) is 13.0 Å². The number of benzene rings is 3. The number of carbonyl (C=O) groups excluding carboxylic acids is 1. The van der Waals surface area contributed by atoms with Gasteiger partial charge < -0.3 is 19.9 Å². The molecule has 3 aromatic carbocycles. The minimum atomic E-state index is -0.353. The van der Waals surface area contributed by atoms with Crippen LogP contribution in [0.2, 0.25) is 0 Å². The first kappa shape index (κ1) is 26.3. The van der Waals surface area contributed by atoms with Crippen LogP contribution in [0.25, 0.3) is 11.1 Å². The summed E-state index contributed by atoms with van der Waals surface area (Å²) < 4.78 is 34.3. The molecule has 2 aliphatic rings. The van der Waals surface area contributed by atoms with E-state index in [1.807, 2.05) is 30.3 Å². The van der Waals surface area contributed by atoms with E-state index in [9.17, 15) is 9.18 Å². The average Bonchev–Trinajstić information content (AvgIpc) is 2.92. The lowest BCUT2D eigenvalue weighted by atomic mass is 10.00. The Bertz CT molecular complexity index is 1300. The summed E-state index contributed by atoms with van der Waals surface area (Å²) in [7, 11) is 2.09. The molecule has 6 nitrogen and oxygen atoms in total. The Morgan fingerprint density at radius 3 is 2.37 bits per heavy atom. The van der Waals surface area contributed by atoms with Crippen molar-refractivity contribution in [3.05, 3.63) is 82.9 Å². The highest BCUT2D eigenvalue weighted by Gasteiger charge is 2.21. The van der Waals surface area contributed by atoms with Crippen LogP contribution in [0.5, 0.6) is 0 Å². The van der Waals surface area contributed by atoms with Gasteiger partial charge in [0.15, 0.2) is 0 Å². The molecule has 200 valence electrons. The number of amides is 1. The fraction of sp³-hybridized carbons (Fsp3) is 0.367. The van der Waals surface area contributed by atoms with Gasteiger partial charge in [-0.1, -0.05) is 12.1 Å². The van der Waals surface area contributed by atoms with Gasteiger partial charge in [-0.25, -0.2) is 8.78 Å². The Labute approximate surface area is 222 Å². The van der Waals surface area contributed by atoms with Gasteiger partial charge in [0.1, 0.15) is 11.6 Å². The first-order chi connectivity index (χ1) is 18.4. The zero-order valence-electron chi connectivity index (χ0n) is 22.0. The average molecular weight is 521 g/mol. The number of anilines is 2. The van der Waals surface area contributed by atoms with Crippen molar-refractivity contribution in [1.82, 2.24) is 9.80 Å². The predicted molar refractivity (Wildman–Crippen MR) is 147 cm³/mol. The van der Waals surface area contributed by atoms with E-state index in [0.29, 0.717) is 41.2 Å². The molecule has 0 radical (unpaired) electrons. The Morgan fingerprint density at radius 2 is 1.63 bits per heavy atom. The zero-order valence-corrected chi connectivity index (χ0v) is 22.0. The number of piperazine rings is 1. The number of halogens is 2. The van der Waals surface area contributed by atoms with Crippen LogP contribution in [0, 0.1) is 18.6 Å². The van der Waals surface area contributed by atoms with Crippen LogP contribution in [-0.4, -0.2) is 75.2 Å². The number of aryl methyl sites for hydroxylation is 1. The van der Waals surface area contributed by atoms with Gasteiger partial charge in [-0.2, -0.15) is 0 Å². The van der Waals surface area contributed by atoms with Crippen molar-refractivity contribution in [2.75, 3.05) is 69.7 Å². The third-order valence-electron chi connectivity index (χ3n) is 7.36. The van der Waals surface area contributed by atoms with Crippen molar-refractivity contribution in [1.29, 1.82) is 0 Å². The van der Waals surface area contributed by atoms with E-state index >= 15 is 4.39 Å². The molecular formula is C30H34F2N4O2. The zero-order chi connectivity index (χ0) is 26.6. The highest BCUT2D eigenvalue weighted by atomic mass is 19.1. The van der Waals surface area contributed by atoms with Gasteiger partial charge in [-0.15, -0.1) is 0 Å². The van der Waals surface area contributed by atoms with Crippen molar-refractivity contribution in [2.45, 2.75) is 13.5 Å². The molecule has 8 heteroatoms. The van der Waals surface area contributed by atoms with Crippen LogP contribution >= 0.6 is 0 Å². The van der Waals surface area contributed by atoms with Gasteiger partial charge in [-0.3, -0.25) is 9.69 Å². The number of carbonyl (C=O) groups is 1. The standard InChI is InChI=1S/C30H34F2N4O2/c1-21-17-24(4-7-26(21)31)30(37)33-28-19-23(5-8-29(28)36-11-9-34(2)10-12-36)25-18-22(3-6-27(25)32)20-35-13-15-38-16-14-35/h3-8,17-19H,9-16,20H2,1-2H3,(H,33,37). The van der Waals surface area contributed by atoms with Crippen LogP contribution in [-0.2, 0) is 11.3 Å². The molecule has 1 N–H and O–H groups in total. The summed E-state index contributed by atoms with van der Waals surface area (Å²) in [6.45, 7) is 8.93. The van der Waals surface area contributed by atoms with Crippen molar-refractivity contribution >= 4 is 17.3 Å². The summed E-state index contributed by atoms with van der Waals surface area (Å²) in [5, 5.41) is 3.03. The molecule has 2 fully saturated rings. The normalized spacial score (nSPS) is 17.0. The lowest BCUT2D eigenvalue weighted by molar-refractivity contribution is 0.0342. The minimum Gasteiger partial charge on any atom is -0.379 e. The summed E-state index contributed by atoms with van der Waals surface area (Å²) in [5.74, 6) is -0.995. The SMILES string of the molecule is Cc1cc(C(=O)Nc2cc(-c3cc(CN4CCOCC4)ccc3F)ccc2N2CCN(C)CC2)ccc1F. The number of rotatable bonds is 6. The maximum Gasteiger partial charge on any atom is 0.255 e. The van der Waals surface area contributed by atoms with E-state index in [0.717, 1.165) is 57.1 Å². The molecular weight excluding hydrogens is 486 g/mol. The van der Waals surface area contributed by atoms with Gasteiger partial charge in [0.25, 0.3) is 5.91 Å². The van der Waals surface area contributed by atoms with Gasteiger partial charge in [0.2, 0.25) is 0 Å². The molecule has 2 saturated heterocycles. The van der Waals surface area contributed by atoms with Gasteiger partial charge in [-0.05, 0) is 73.1 Å². The molecule has 0 spiro atoms. The molecule has 0 aliphatic carbocycles. The second kappa shape index (κ2) is 11.6. The summed E-state index contributed by atoms with van der Waals surface area (Å²) in [5.41, 5.74) is 4.49. The maximum atomic E-state index is 15.1. The Morgan fingerprint density at radius 1 is 0.895 bits per heavy atom.